The van der Waals surface area contributed by atoms with Gasteiger partial charge in [-0.2, -0.15) is 4.68 Å². The van der Waals surface area contributed by atoms with Gasteiger partial charge in [0.05, 0.1) is 7.11 Å². The summed E-state index contributed by atoms with van der Waals surface area (Å²) in [7, 11) is 5.60. The van der Waals surface area contributed by atoms with Gasteiger partial charge in [0.25, 0.3) is 0 Å². The maximum atomic E-state index is 12.9. The Bertz CT molecular complexity index is 1430. The molecule has 2 aromatic heterocycles. The van der Waals surface area contributed by atoms with Gasteiger partial charge in [0, 0.05) is 24.2 Å². The first-order valence-electron chi connectivity index (χ1n) is 12.3. The second-order valence-electron chi connectivity index (χ2n) is 9.38. The number of amidine groups is 1. The fourth-order valence-corrected chi connectivity index (χ4v) is 4.33. The topological polar surface area (TPSA) is 135 Å². The highest BCUT2D eigenvalue weighted by Crippen LogP contribution is 2.35. The maximum Gasteiger partial charge on any atom is 0.349 e. The summed E-state index contributed by atoms with van der Waals surface area (Å²) in [5, 5.41) is 12.3. The molecule has 0 saturated carbocycles. The molecule has 2 atom stereocenters. The number of nitrogens with zero attached hydrogens (tertiary/aromatic N) is 4. The minimum absolute atomic E-state index is 0.00959. The van der Waals surface area contributed by atoms with Gasteiger partial charge >= 0.3 is 5.69 Å². The zero-order chi connectivity index (χ0) is 27.2. The highest BCUT2D eigenvalue weighted by Gasteiger charge is 2.23. The number of hydrogen-bond donors (Lipinski definition) is 3. The molecule has 4 N–H and O–H groups in total. The van der Waals surface area contributed by atoms with Crippen LogP contribution in [0.25, 0.3) is 5.82 Å². The van der Waals surface area contributed by atoms with E-state index in [0.29, 0.717) is 35.1 Å². The molecule has 0 aliphatic carbocycles. The molecular weight excluding hydrogens is 482 g/mol. The molecule has 0 saturated heterocycles. The second-order valence-corrected chi connectivity index (χ2v) is 9.38. The van der Waals surface area contributed by atoms with Crippen molar-refractivity contribution in [3.05, 3.63) is 99.9 Å². The van der Waals surface area contributed by atoms with Crippen molar-refractivity contribution in [1.29, 1.82) is 5.41 Å². The number of likely N-dealkylation sites (N-methyl/N-ethyl adjacent to an activating group) is 1. The van der Waals surface area contributed by atoms with Crippen LogP contribution < -0.4 is 20.9 Å². The Hall–Kier alpha value is -4.44. The van der Waals surface area contributed by atoms with Crippen molar-refractivity contribution in [3.8, 4) is 17.3 Å². The van der Waals surface area contributed by atoms with Crippen molar-refractivity contribution in [2.45, 2.75) is 25.4 Å². The van der Waals surface area contributed by atoms with Crippen molar-refractivity contribution in [1.82, 2.24) is 24.6 Å². The molecule has 0 spiro atoms. The lowest BCUT2D eigenvalue weighted by molar-refractivity contribution is 0.171. The minimum Gasteiger partial charge on any atom is -0.493 e. The summed E-state index contributed by atoms with van der Waals surface area (Å²) >= 11 is 0. The van der Waals surface area contributed by atoms with Crippen molar-refractivity contribution in [2.24, 2.45) is 5.73 Å². The smallest absolute Gasteiger partial charge is 0.349 e. The number of nitrogens with two attached hydrogens (primary N) is 1. The quantitative estimate of drug-likeness (QED) is 0.206. The highest BCUT2D eigenvalue weighted by atomic mass is 16.5. The van der Waals surface area contributed by atoms with Gasteiger partial charge in [-0.15, -0.1) is 5.10 Å². The predicted octanol–water partition coefficient (Wildman–Crippen LogP) is 2.95. The Morgan fingerprint density at radius 1 is 1.13 bits per heavy atom. The lowest BCUT2D eigenvalue weighted by atomic mass is 9.90. The molecule has 0 radical (unpaired) electrons. The third-order valence-electron chi connectivity index (χ3n) is 6.08. The lowest BCUT2D eigenvalue weighted by Crippen LogP contribution is -2.28. The Balaban J connectivity index is 1.73. The molecule has 0 bridgehead atoms. The van der Waals surface area contributed by atoms with Gasteiger partial charge in [-0.05, 0) is 62.8 Å². The molecule has 0 aliphatic rings. The Morgan fingerprint density at radius 2 is 1.89 bits per heavy atom. The first kappa shape index (κ1) is 26.6. The summed E-state index contributed by atoms with van der Waals surface area (Å²) in [6, 6.07) is 18.6. The Labute approximate surface area is 221 Å². The monoisotopic (exact) mass is 515 g/mol. The van der Waals surface area contributed by atoms with Crippen LogP contribution in [0.15, 0.2) is 71.7 Å². The number of hydrogen-bond acceptors (Lipinski definition) is 7. The van der Waals surface area contributed by atoms with E-state index in [2.05, 4.69) is 20.0 Å². The standard InChI is InChI=1S/C28H33N7O3/c1-18(17-34(2)3)38-23-13-12-21(16-24(23)37-4)22(15-19-8-10-20(11-9-19)26(29)30)27-32-28(36)35(33-27)25-7-5-6-14-31-25/h5-14,16,18,22H,15,17H2,1-4H3,(H3,29,30)(H,32,33,36). The van der Waals surface area contributed by atoms with Crippen LogP contribution in [0.5, 0.6) is 11.5 Å². The number of aromatic nitrogens is 4. The van der Waals surface area contributed by atoms with E-state index in [4.69, 9.17) is 20.6 Å². The molecule has 0 fully saturated rings. The fourth-order valence-electron chi connectivity index (χ4n) is 4.33. The van der Waals surface area contributed by atoms with Crippen molar-refractivity contribution in [3.63, 3.8) is 0 Å². The van der Waals surface area contributed by atoms with Gasteiger partial charge in [-0.3, -0.25) is 10.4 Å². The molecular formula is C28H33N7O3. The van der Waals surface area contributed by atoms with E-state index in [1.54, 1.807) is 31.5 Å². The molecule has 4 aromatic rings. The summed E-state index contributed by atoms with van der Waals surface area (Å²) in [4.78, 5) is 22.1. The fraction of sp³-hybridized carbons (Fsp3) is 0.286. The number of methoxy groups -OCH3 is 1. The van der Waals surface area contributed by atoms with Crippen LogP contribution >= 0.6 is 0 Å². The van der Waals surface area contributed by atoms with Crippen molar-refractivity contribution in [2.75, 3.05) is 27.7 Å². The van der Waals surface area contributed by atoms with E-state index in [1.807, 2.05) is 63.5 Å². The van der Waals surface area contributed by atoms with Crippen molar-refractivity contribution >= 4 is 5.84 Å². The van der Waals surface area contributed by atoms with E-state index in [-0.39, 0.29) is 23.5 Å². The average molecular weight is 516 g/mol. The number of pyridine rings is 1. The SMILES string of the molecule is COc1cc(C(Cc2ccc(C(=N)N)cc2)c2nn(-c3ccccn3)c(=O)[nH]2)ccc1OC(C)CN(C)C. The molecule has 10 heteroatoms. The number of benzene rings is 2. The van der Waals surface area contributed by atoms with Crippen LogP contribution in [0.2, 0.25) is 0 Å². The third-order valence-corrected chi connectivity index (χ3v) is 6.08. The van der Waals surface area contributed by atoms with E-state index < -0.39 is 0 Å². The normalized spacial score (nSPS) is 12.8. The highest BCUT2D eigenvalue weighted by molar-refractivity contribution is 5.94. The second kappa shape index (κ2) is 11.7. The number of aromatic amines is 1. The first-order valence-corrected chi connectivity index (χ1v) is 12.3. The van der Waals surface area contributed by atoms with E-state index >= 15 is 0 Å². The lowest BCUT2D eigenvalue weighted by Gasteiger charge is -2.22. The Kier molecular flexibility index (Phi) is 8.22. The molecule has 4 rings (SSSR count). The third kappa shape index (κ3) is 6.27. The molecule has 2 unspecified atom stereocenters. The molecule has 10 nitrogen and oxygen atoms in total. The molecule has 38 heavy (non-hydrogen) atoms. The summed E-state index contributed by atoms with van der Waals surface area (Å²) in [5.74, 6) is 1.86. The summed E-state index contributed by atoms with van der Waals surface area (Å²) < 4.78 is 13.1. The van der Waals surface area contributed by atoms with Crippen LogP contribution in [-0.2, 0) is 6.42 Å². The molecule has 2 aromatic carbocycles. The number of ether oxygens (including phenoxy) is 2. The number of nitrogens with one attached hydrogen (secondary N) is 2. The number of H-pyrrole nitrogens is 1. The van der Waals surface area contributed by atoms with E-state index in [0.717, 1.165) is 17.7 Å². The molecule has 2 heterocycles. The zero-order valence-corrected chi connectivity index (χ0v) is 22.0. The molecule has 198 valence electrons. The minimum atomic E-state index is -0.375. The van der Waals surface area contributed by atoms with E-state index in [1.165, 1.54) is 4.68 Å². The van der Waals surface area contributed by atoms with Crippen LogP contribution in [0.1, 0.15) is 35.4 Å². The van der Waals surface area contributed by atoms with Gasteiger partial charge in [0.2, 0.25) is 0 Å². The maximum absolute atomic E-state index is 12.9. The predicted molar refractivity (Wildman–Crippen MR) is 147 cm³/mol. The van der Waals surface area contributed by atoms with Crippen molar-refractivity contribution < 1.29 is 9.47 Å². The van der Waals surface area contributed by atoms with Crippen LogP contribution in [0.4, 0.5) is 0 Å². The summed E-state index contributed by atoms with van der Waals surface area (Å²) in [5.41, 5.74) is 7.78. The Morgan fingerprint density at radius 3 is 2.53 bits per heavy atom. The van der Waals surface area contributed by atoms with Gasteiger partial charge in [0.1, 0.15) is 17.8 Å². The van der Waals surface area contributed by atoms with Gasteiger partial charge in [-0.25, -0.2) is 9.78 Å². The summed E-state index contributed by atoms with van der Waals surface area (Å²) in [6.45, 7) is 2.77. The van der Waals surface area contributed by atoms with E-state index in [9.17, 15) is 4.79 Å². The first-order chi connectivity index (χ1) is 18.2. The zero-order valence-electron chi connectivity index (χ0n) is 22.0. The summed E-state index contributed by atoms with van der Waals surface area (Å²) in [6.07, 6.45) is 2.12. The number of rotatable bonds is 11. The molecule has 0 aliphatic heterocycles. The molecule has 0 amide bonds. The van der Waals surface area contributed by atoms with Gasteiger partial charge in [-0.1, -0.05) is 36.4 Å². The van der Waals surface area contributed by atoms with Gasteiger partial charge in [0.15, 0.2) is 17.3 Å². The number of nitrogen functional groups attached to an aromatic ring is 1. The van der Waals surface area contributed by atoms with Crippen LogP contribution in [0.3, 0.4) is 0 Å². The van der Waals surface area contributed by atoms with Crippen LogP contribution in [0, 0.1) is 5.41 Å². The largest absolute Gasteiger partial charge is 0.493 e. The average Bonchev–Trinajstić information content (AvgIpc) is 3.29. The van der Waals surface area contributed by atoms with Crippen LogP contribution in [-0.4, -0.2) is 64.3 Å². The van der Waals surface area contributed by atoms with Gasteiger partial charge < -0.3 is 20.1 Å².